The molecule has 0 unspecified atom stereocenters. The van der Waals surface area contributed by atoms with Gasteiger partial charge in [-0.3, -0.25) is 4.79 Å². The molecule has 4 nitrogen and oxygen atoms in total. The minimum atomic E-state index is -0.349. The highest BCUT2D eigenvalue weighted by molar-refractivity contribution is 9.10. The lowest BCUT2D eigenvalue weighted by atomic mass is 10.1. The summed E-state index contributed by atoms with van der Waals surface area (Å²) in [5, 5.41) is 3.25. The van der Waals surface area contributed by atoms with E-state index in [1.165, 1.54) is 7.11 Å². The van der Waals surface area contributed by atoms with E-state index in [0.29, 0.717) is 27.7 Å². The van der Waals surface area contributed by atoms with E-state index in [1.54, 1.807) is 36.4 Å². The van der Waals surface area contributed by atoms with Crippen LogP contribution in [0.25, 0.3) is 0 Å². The van der Waals surface area contributed by atoms with Crippen molar-refractivity contribution in [3.63, 3.8) is 0 Å². The number of nitrogens with one attached hydrogen (secondary N) is 1. The highest BCUT2D eigenvalue weighted by Gasteiger charge is 2.16. The highest BCUT2D eigenvalue weighted by atomic mass is 79.9. The highest BCUT2D eigenvalue weighted by Crippen LogP contribution is 2.28. The largest absolute Gasteiger partial charge is 0.496 e. The van der Waals surface area contributed by atoms with Crippen LogP contribution in [-0.2, 0) is 0 Å². The first kappa shape index (κ1) is 14.7. The molecule has 0 saturated heterocycles. The standard InChI is InChI=1S/C14H12BrClN2O2/c1-20-12-4-2-3-11(17)13(12)14(19)18-8-5-6-9(15)10(16)7-8/h2-7H,17H2,1H3,(H,18,19). The third kappa shape index (κ3) is 3.05. The summed E-state index contributed by atoms with van der Waals surface area (Å²) in [6.07, 6.45) is 0. The monoisotopic (exact) mass is 354 g/mol. The van der Waals surface area contributed by atoms with Crippen LogP contribution in [-0.4, -0.2) is 13.0 Å². The summed E-state index contributed by atoms with van der Waals surface area (Å²) in [4.78, 5) is 12.3. The smallest absolute Gasteiger partial charge is 0.261 e. The Kier molecular flexibility index (Phi) is 4.52. The summed E-state index contributed by atoms with van der Waals surface area (Å²) in [6, 6.07) is 10.2. The first-order valence-corrected chi connectivity index (χ1v) is 6.89. The van der Waals surface area contributed by atoms with Crippen molar-refractivity contribution < 1.29 is 9.53 Å². The summed E-state index contributed by atoms with van der Waals surface area (Å²) in [6.45, 7) is 0. The van der Waals surface area contributed by atoms with E-state index in [2.05, 4.69) is 21.2 Å². The Morgan fingerprint density at radius 2 is 2.10 bits per heavy atom. The SMILES string of the molecule is COc1cccc(N)c1C(=O)Nc1ccc(Br)c(Cl)c1. The Hall–Kier alpha value is -1.72. The van der Waals surface area contributed by atoms with Gasteiger partial charge >= 0.3 is 0 Å². The van der Waals surface area contributed by atoms with Gasteiger partial charge in [-0.25, -0.2) is 0 Å². The first-order valence-electron chi connectivity index (χ1n) is 5.72. The topological polar surface area (TPSA) is 64.3 Å². The van der Waals surface area contributed by atoms with Crippen molar-refractivity contribution in [2.75, 3.05) is 18.2 Å². The minimum Gasteiger partial charge on any atom is -0.496 e. The van der Waals surface area contributed by atoms with Crippen molar-refractivity contribution in [1.29, 1.82) is 0 Å². The van der Waals surface area contributed by atoms with E-state index in [0.717, 1.165) is 4.47 Å². The summed E-state index contributed by atoms with van der Waals surface area (Å²) in [7, 11) is 1.49. The molecule has 1 amide bonds. The Labute approximate surface area is 130 Å². The Bertz CT molecular complexity index is 662. The molecule has 2 rings (SSSR count). The molecule has 0 aliphatic carbocycles. The number of nitrogen functional groups attached to an aromatic ring is 1. The second kappa shape index (κ2) is 6.15. The van der Waals surface area contributed by atoms with Gasteiger partial charge in [0.05, 0.1) is 12.1 Å². The number of hydrogen-bond donors (Lipinski definition) is 2. The lowest BCUT2D eigenvalue weighted by Gasteiger charge is -2.12. The van der Waals surface area contributed by atoms with Crippen LogP contribution in [0.2, 0.25) is 5.02 Å². The van der Waals surface area contributed by atoms with E-state index in [9.17, 15) is 4.79 Å². The summed E-state index contributed by atoms with van der Waals surface area (Å²) < 4.78 is 5.91. The van der Waals surface area contributed by atoms with Crippen LogP contribution in [0.5, 0.6) is 5.75 Å². The third-order valence-electron chi connectivity index (χ3n) is 2.68. The second-order valence-electron chi connectivity index (χ2n) is 4.01. The summed E-state index contributed by atoms with van der Waals surface area (Å²) >= 11 is 9.28. The number of nitrogens with two attached hydrogens (primary N) is 1. The van der Waals surface area contributed by atoms with Crippen molar-refractivity contribution in [1.82, 2.24) is 0 Å². The summed E-state index contributed by atoms with van der Waals surface area (Å²) in [5.41, 5.74) is 7.06. The van der Waals surface area contributed by atoms with Crippen molar-refractivity contribution in [3.8, 4) is 5.75 Å². The fraction of sp³-hybridized carbons (Fsp3) is 0.0714. The number of hydrogen-bond acceptors (Lipinski definition) is 3. The number of ether oxygens (including phenoxy) is 1. The molecule has 0 aromatic heterocycles. The molecule has 0 radical (unpaired) electrons. The lowest BCUT2D eigenvalue weighted by molar-refractivity contribution is 0.102. The third-order valence-corrected chi connectivity index (χ3v) is 3.92. The molecular formula is C14H12BrClN2O2. The van der Waals surface area contributed by atoms with Crippen molar-refractivity contribution in [2.45, 2.75) is 0 Å². The van der Waals surface area contributed by atoms with Crippen LogP contribution < -0.4 is 15.8 Å². The molecule has 104 valence electrons. The van der Waals surface area contributed by atoms with E-state index in [4.69, 9.17) is 22.1 Å². The van der Waals surface area contributed by atoms with Gasteiger partial charge in [-0.1, -0.05) is 17.7 Å². The molecule has 20 heavy (non-hydrogen) atoms. The van der Waals surface area contributed by atoms with E-state index in [1.807, 2.05) is 0 Å². The van der Waals surface area contributed by atoms with Gasteiger partial charge in [-0.05, 0) is 46.3 Å². The fourth-order valence-corrected chi connectivity index (χ4v) is 2.16. The Morgan fingerprint density at radius 3 is 2.75 bits per heavy atom. The van der Waals surface area contributed by atoms with Crippen molar-refractivity contribution >= 4 is 44.8 Å². The average molecular weight is 356 g/mol. The number of benzene rings is 2. The maximum Gasteiger partial charge on any atom is 0.261 e. The molecule has 0 fully saturated rings. The van der Waals surface area contributed by atoms with Crippen molar-refractivity contribution in [2.24, 2.45) is 0 Å². The van der Waals surface area contributed by atoms with Gasteiger partial charge in [0, 0.05) is 15.8 Å². The van der Waals surface area contributed by atoms with E-state index >= 15 is 0 Å². The number of carbonyl (C=O) groups is 1. The van der Waals surface area contributed by atoms with Crippen LogP contribution in [0.3, 0.4) is 0 Å². The molecule has 0 bridgehead atoms. The fourth-order valence-electron chi connectivity index (χ4n) is 1.73. The zero-order chi connectivity index (χ0) is 14.7. The van der Waals surface area contributed by atoms with Gasteiger partial charge in [-0.15, -0.1) is 0 Å². The predicted molar refractivity (Wildman–Crippen MR) is 84.5 cm³/mol. The van der Waals surface area contributed by atoms with Gasteiger partial charge in [0.1, 0.15) is 11.3 Å². The van der Waals surface area contributed by atoms with Crippen molar-refractivity contribution in [3.05, 3.63) is 51.5 Å². The van der Waals surface area contributed by atoms with Gasteiger partial charge in [0.15, 0.2) is 0 Å². The molecule has 0 aliphatic rings. The van der Waals surface area contributed by atoms with Crippen LogP contribution in [0.4, 0.5) is 11.4 Å². The second-order valence-corrected chi connectivity index (χ2v) is 5.27. The predicted octanol–water partition coefficient (Wildman–Crippen LogP) is 3.95. The quantitative estimate of drug-likeness (QED) is 0.820. The molecule has 6 heteroatoms. The van der Waals surface area contributed by atoms with Gasteiger partial charge < -0.3 is 15.8 Å². The van der Waals surface area contributed by atoms with Crippen LogP contribution in [0.15, 0.2) is 40.9 Å². The van der Waals surface area contributed by atoms with Crippen LogP contribution >= 0.6 is 27.5 Å². The molecule has 0 aliphatic heterocycles. The molecule has 0 saturated carbocycles. The maximum atomic E-state index is 12.3. The number of rotatable bonds is 3. The Morgan fingerprint density at radius 1 is 1.35 bits per heavy atom. The minimum absolute atomic E-state index is 0.300. The average Bonchev–Trinajstić information content (AvgIpc) is 2.42. The number of amides is 1. The number of halogens is 2. The van der Waals surface area contributed by atoms with Crippen LogP contribution in [0.1, 0.15) is 10.4 Å². The molecule has 0 atom stereocenters. The van der Waals surface area contributed by atoms with Gasteiger partial charge in [0.2, 0.25) is 0 Å². The van der Waals surface area contributed by atoms with E-state index < -0.39 is 0 Å². The number of carbonyl (C=O) groups excluding carboxylic acids is 1. The Balaban J connectivity index is 2.30. The molecule has 3 N–H and O–H groups in total. The van der Waals surface area contributed by atoms with Gasteiger partial charge in [-0.2, -0.15) is 0 Å². The molecule has 2 aromatic rings. The zero-order valence-corrected chi connectivity index (χ0v) is 13.0. The maximum absolute atomic E-state index is 12.3. The normalized spacial score (nSPS) is 10.2. The zero-order valence-electron chi connectivity index (χ0n) is 10.6. The van der Waals surface area contributed by atoms with Crippen LogP contribution in [0, 0.1) is 0 Å². The number of methoxy groups -OCH3 is 1. The molecule has 2 aromatic carbocycles. The van der Waals surface area contributed by atoms with Gasteiger partial charge in [0.25, 0.3) is 5.91 Å². The molecule has 0 heterocycles. The van der Waals surface area contributed by atoms with E-state index in [-0.39, 0.29) is 5.91 Å². The number of anilines is 2. The molecular weight excluding hydrogens is 344 g/mol. The lowest BCUT2D eigenvalue weighted by Crippen LogP contribution is -2.15. The molecule has 0 spiro atoms. The first-order chi connectivity index (χ1) is 9.52. The summed E-state index contributed by atoms with van der Waals surface area (Å²) in [5.74, 6) is 0.0732.